The van der Waals surface area contributed by atoms with Crippen molar-refractivity contribution in [3.05, 3.63) is 28.8 Å². The maximum absolute atomic E-state index is 10.4. The molecule has 1 heterocycles. The highest BCUT2D eigenvalue weighted by atomic mass is 35.5. The molecule has 1 aromatic carbocycles. The summed E-state index contributed by atoms with van der Waals surface area (Å²) >= 11 is 7.25. The highest BCUT2D eigenvalue weighted by Crippen LogP contribution is 2.32. The lowest BCUT2D eigenvalue weighted by Gasteiger charge is -2.08. The van der Waals surface area contributed by atoms with E-state index >= 15 is 0 Å². The van der Waals surface area contributed by atoms with E-state index in [-0.39, 0.29) is 11.9 Å². The SMILES string of the molecule is O=C(O)CSCC1Cc2cc(Cl)ccc2O1. The van der Waals surface area contributed by atoms with Gasteiger partial charge in [-0.05, 0) is 23.8 Å². The minimum Gasteiger partial charge on any atom is -0.489 e. The Kier molecular flexibility index (Phi) is 3.61. The number of carbonyl (C=O) groups is 1. The molecule has 0 bridgehead atoms. The molecule has 0 spiro atoms. The molecule has 1 aromatic rings. The fourth-order valence-electron chi connectivity index (χ4n) is 1.66. The topological polar surface area (TPSA) is 46.5 Å². The summed E-state index contributed by atoms with van der Waals surface area (Å²) in [5, 5.41) is 9.23. The van der Waals surface area contributed by atoms with E-state index in [0.29, 0.717) is 10.8 Å². The van der Waals surface area contributed by atoms with E-state index in [0.717, 1.165) is 17.7 Å². The van der Waals surface area contributed by atoms with E-state index in [4.69, 9.17) is 21.4 Å². The van der Waals surface area contributed by atoms with E-state index in [2.05, 4.69) is 0 Å². The number of carboxylic acids is 1. The molecule has 3 nitrogen and oxygen atoms in total. The summed E-state index contributed by atoms with van der Waals surface area (Å²) in [5.41, 5.74) is 1.11. The van der Waals surface area contributed by atoms with Crippen molar-refractivity contribution in [2.75, 3.05) is 11.5 Å². The second-order valence-electron chi connectivity index (χ2n) is 3.60. The fourth-order valence-corrected chi connectivity index (χ4v) is 2.60. The molecule has 1 N–H and O–H groups in total. The van der Waals surface area contributed by atoms with Crippen LogP contribution in [-0.2, 0) is 11.2 Å². The van der Waals surface area contributed by atoms with Crippen molar-refractivity contribution in [3.63, 3.8) is 0 Å². The van der Waals surface area contributed by atoms with E-state index < -0.39 is 5.97 Å². The summed E-state index contributed by atoms with van der Waals surface area (Å²) in [4.78, 5) is 10.4. The summed E-state index contributed by atoms with van der Waals surface area (Å²) in [6.45, 7) is 0. The minimum absolute atomic E-state index is 0.0674. The van der Waals surface area contributed by atoms with Crippen molar-refractivity contribution in [1.82, 2.24) is 0 Å². The first-order chi connectivity index (χ1) is 7.65. The Balaban J connectivity index is 1.88. The Morgan fingerprint density at radius 1 is 1.62 bits per heavy atom. The van der Waals surface area contributed by atoms with E-state index in [9.17, 15) is 4.79 Å². The molecular formula is C11H11ClO3S. The van der Waals surface area contributed by atoms with Gasteiger partial charge in [-0.3, -0.25) is 4.79 Å². The Morgan fingerprint density at radius 3 is 3.19 bits per heavy atom. The van der Waals surface area contributed by atoms with Gasteiger partial charge in [0.15, 0.2) is 0 Å². The molecule has 1 aliphatic heterocycles. The lowest BCUT2D eigenvalue weighted by Crippen LogP contribution is -2.17. The number of halogens is 1. The molecule has 0 radical (unpaired) electrons. The molecule has 5 heteroatoms. The Hall–Kier alpha value is -0.870. The van der Waals surface area contributed by atoms with Crippen LogP contribution in [0.5, 0.6) is 5.75 Å². The van der Waals surface area contributed by atoms with Gasteiger partial charge in [-0.1, -0.05) is 11.6 Å². The summed E-state index contributed by atoms with van der Waals surface area (Å²) in [7, 11) is 0. The Labute approximate surface area is 103 Å². The number of rotatable bonds is 4. The Bertz CT molecular complexity index is 408. The van der Waals surface area contributed by atoms with Crippen LogP contribution in [0.2, 0.25) is 5.02 Å². The molecule has 0 fully saturated rings. The summed E-state index contributed by atoms with van der Waals surface area (Å²) in [6, 6.07) is 5.56. The van der Waals surface area contributed by atoms with Gasteiger partial charge in [-0.2, -0.15) is 0 Å². The van der Waals surface area contributed by atoms with Crippen molar-refractivity contribution < 1.29 is 14.6 Å². The van der Waals surface area contributed by atoms with Crippen LogP contribution in [0, 0.1) is 0 Å². The molecule has 0 saturated carbocycles. The van der Waals surface area contributed by atoms with E-state index in [1.165, 1.54) is 11.8 Å². The number of benzene rings is 1. The summed E-state index contributed by atoms with van der Waals surface area (Å²) < 4.78 is 5.67. The van der Waals surface area contributed by atoms with Crippen LogP contribution in [0.25, 0.3) is 0 Å². The maximum atomic E-state index is 10.4. The molecule has 0 aliphatic carbocycles. The maximum Gasteiger partial charge on any atom is 0.313 e. The quantitative estimate of drug-likeness (QED) is 0.901. The molecule has 86 valence electrons. The van der Waals surface area contributed by atoms with Gasteiger partial charge in [0.2, 0.25) is 0 Å². The third kappa shape index (κ3) is 2.83. The third-order valence-electron chi connectivity index (χ3n) is 2.29. The van der Waals surface area contributed by atoms with Crippen LogP contribution in [0.15, 0.2) is 18.2 Å². The molecular weight excluding hydrogens is 248 g/mol. The number of thioether (sulfide) groups is 1. The van der Waals surface area contributed by atoms with Crippen LogP contribution < -0.4 is 4.74 Å². The second-order valence-corrected chi connectivity index (χ2v) is 5.07. The number of fused-ring (bicyclic) bond motifs is 1. The molecule has 0 amide bonds. The zero-order valence-electron chi connectivity index (χ0n) is 8.48. The van der Waals surface area contributed by atoms with Crippen LogP contribution >= 0.6 is 23.4 Å². The summed E-state index contributed by atoms with van der Waals surface area (Å²) in [5.74, 6) is 0.893. The molecule has 0 saturated heterocycles. The molecule has 0 aromatic heterocycles. The largest absolute Gasteiger partial charge is 0.489 e. The standard InChI is InChI=1S/C11H11ClO3S/c12-8-1-2-10-7(3-8)4-9(15-10)5-16-6-11(13)14/h1-3,9H,4-6H2,(H,13,14). The summed E-state index contributed by atoms with van der Waals surface area (Å²) in [6.07, 6.45) is 0.875. The second kappa shape index (κ2) is 4.97. The highest BCUT2D eigenvalue weighted by Gasteiger charge is 2.22. The number of hydrogen-bond donors (Lipinski definition) is 1. The number of aliphatic carboxylic acids is 1. The number of ether oxygens (including phenoxy) is 1. The van der Waals surface area contributed by atoms with Gasteiger partial charge < -0.3 is 9.84 Å². The first-order valence-electron chi connectivity index (χ1n) is 4.90. The molecule has 2 rings (SSSR count). The lowest BCUT2D eigenvalue weighted by atomic mass is 10.1. The van der Waals surface area contributed by atoms with Gasteiger partial charge in [0.1, 0.15) is 11.9 Å². The first kappa shape index (κ1) is 11.6. The van der Waals surface area contributed by atoms with Gasteiger partial charge in [0.05, 0.1) is 5.75 Å². The fraction of sp³-hybridized carbons (Fsp3) is 0.364. The average molecular weight is 259 g/mol. The monoisotopic (exact) mass is 258 g/mol. The van der Waals surface area contributed by atoms with E-state index in [1.54, 1.807) is 6.07 Å². The molecule has 1 aliphatic rings. The Morgan fingerprint density at radius 2 is 2.44 bits per heavy atom. The van der Waals surface area contributed by atoms with Gasteiger partial charge in [0.25, 0.3) is 0 Å². The number of carboxylic acid groups (broad SMARTS) is 1. The van der Waals surface area contributed by atoms with Crippen LogP contribution in [-0.4, -0.2) is 28.7 Å². The molecule has 1 unspecified atom stereocenters. The van der Waals surface area contributed by atoms with Crippen LogP contribution in [0.3, 0.4) is 0 Å². The minimum atomic E-state index is -0.788. The lowest BCUT2D eigenvalue weighted by molar-refractivity contribution is -0.133. The average Bonchev–Trinajstić information content (AvgIpc) is 2.58. The third-order valence-corrected chi connectivity index (χ3v) is 3.59. The van der Waals surface area contributed by atoms with Gasteiger partial charge in [-0.15, -0.1) is 11.8 Å². The van der Waals surface area contributed by atoms with Crippen LogP contribution in [0.1, 0.15) is 5.56 Å². The predicted molar refractivity (Wildman–Crippen MR) is 64.5 cm³/mol. The van der Waals surface area contributed by atoms with Crippen molar-refractivity contribution in [2.45, 2.75) is 12.5 Å². The van der Waals surface area contributed by atoms with Crippen molar-refractivity contribution in [1.29, 1.82) is 0 Å². The smallest absolute Gasteiger partial charge is 0.313 e. The van der Waals surface area contributed by atoms with Gasteiger partial charge in [-0.25, -0.2) is 0 Å². The molecule has 1 atom stereocenters. The van der Waals surface area contributed by atoms with Crippen molar-refractivity contribution in [3.8, 4) is 5.75 Å². The first-order valence-corrected chi connectivity index (χ1v) is 6.43. The van der Waals surface area contributed by atoms with Crippen molar-refractivity contribution in [2.24, 2.45) is 0 Å². The zero-order valence-corrected chi connectivity index (χ0v) is 10.1. The van der Waals surface area contributed by atoms with Crippen molar-refractivity contribution >= 4 is 29.3 Å². The van der Waals surface area contributed by atoms with E-state index in [1.807, 2.05) is 12.1 Å². The number of hydrogen-bond acceptors (Lipinski definition) is 3. The molecule has 16 heavy (non-hydrogen) atoms. The van der Waals surface area contributed by atoms with Crippen LogP contribution in [0.4, 0.5) is 0 Å². The highest BCUT2D eigenvalue weighted by molar-refractivity contribution is 7.99. The normalized spacial score (nSPS) is 17.9. The zero-order chi connectivity index (χ0) is 11.5. The van der Waals surface area contributed by atoms with Gasteiger partial charge in [0, 0.05) is 17.2 Å². The predicted octanol–water partition coefficient (Wildman–Crippen LogP) is 2.46. The van der Waals surface area contributed by atoms with Gasteiger partial charge >= 0.3 is 5.97 Å².